The van der Waals surface area contributed by atoms with Crippen molar-refractivity contribution in [3.8, 4) is 11.5 Å². The number of methoxy groups -OCH3 is 2. The van der Waals surface area contributed by atoms with E-state index in [2.05, 4.69) is 12.2 Å². The normalized spacial score (nSPS) is 11.5. The number of amides is 2. The molecule has 8 nitrogen and oxygen atoms in total. The standard InChI is InChI=1S/C32H46N2O6/c1-4-5-6-7-8-9-13-19-30(35)33-28(32(37)38)18-14-15-22-34(24-25-16-11-10-12-17-25)31(36)27-23-26(39-2)20-21-29(27)40-3/h10-12,16-17,20-21,23,28H,4-9,13-15,18-19,22,24H2,1-3H3,(H,33,35)(H,37,38). The van der Waals surface area contributed by atoms with Crippen LogP contribution < -0.4 is 14.8 Å². The van der Waals surface area contributed by atoms with E-state index in [4.69, 9.17) is 9.47 Å². The number of carboxylic acid groups (broad SMARTS) is 1. The third kappa shape index (κ3) is 11.7. The first-order chi connectivity index (χ1) is 19.4. The zero-order valence-electron chi connectivity index (χ0n) is 24.3. The maximum Gasteiger partial charge on any atom is 0.326 e. The van der Waals surface area contributed by atoms with E-state index in [-0.39, 0.29) is 11.8 Å². The van der Waals surface area contributed by atoms with Gasteiger partial charge in [0.15, 0.2) is 0 Å². The summed E-state index contributed by atoms with van der Waals surface area (Å²) in [6.45, 7) is 3.01. The molecule has 0 spiro atoms. The van der Waals surface area contributed by atoms with Crippen molar-refractivity contribution in [2.75, 3.05) is 20.8 Å². The number of unbranched alkanes of at least 4 members (excludes halogenated alkanes) is 7. The van der Waals surface area contributed by atoms with Crippen LogP contribution in [-0.2, 0) is 16.1 Å². The summed E-state index contributed by atoms with van der Waals surface area (Å²) in [5.74, 6) is -0.436. The average Bonchev–Trinajstić information content (AvgIpc) is 2.97. The third-order valence-corrected chi connectivity index (χ3v) is 6.95. The number of hydrogen-bond donors (Lipinski definition) is 2. The molecule has 0 saturated carbocycles. The van der Waals surface area contributed by atoms with Crippen molar-refractivity contribution in [2.24, 2.45) is 0 Å². The number of ether oxygens (including phenoxy) is 2. The van der Waals surface area contributed by atoms with E-state index >= 15 is 0 Å². The highest BCUT2D eigenvalue weighted by molar-refractivity contribution is 5.97. The number of aliphatic carboxylic acids is 1. The summed E-state index contributed by atoms with van der Waals surface area (Å²) in [7, 11) is 3.07. The Morgan fingerprint density at radius 1 is 0.875 bits per heavy atom. The van der Waals surface area contributed by atoms with Gasteiger partial charge in [-0.1, -0.05) is 75.8 Å². The lowest BCUT2D eigenvalue weighted by molar-refractivity contribution is -0.142. The number of carbonyl (C=O) groups is 3. The van der Waals surface area contributed by atoms with Crippen LogP contribution in [0.25, 0.3) is 0 Å². The minimum atomic E-state index is -1.04. The van der Waals surface area contributed by atoms with Gasteiger partial charge in [-0.15, -0.1) is 0 Å². The largest absolute Gasteiger partial charge is 0.497 e. The van der Waals surface area contributed by atoms with Gasteiger partial charge in [-0.3, -0.25) is 9.59 Å². The SMILES string of the molecule is CCCCCCCCCC(=O)NC(CCCCN(Cc1ccccc1)C(=O)c1cc(OC)ccc1OC)C(=O)O. The first-order valence-electron chi connectivity index (χ1n) is 14.5. The maximum atomic E-state index is 13.6. The van der Waals surface area contributed by atoms with E-state index in [9.17, 15) is 19.5 Å². The number of carbonyl (C=O) groups excluding carboxylic acids is 2. The predicted octanol–water partition coefficient (Wildman–Crippen LogP) is 6.23. The summed E-state index contributed by atoms with van der Waals surface area (Å²) in [6, 6.07) is 13.9. The summed E-state index contributed by atoms with van der Waals surface area (Å²) in [5, 5.41) is 12.3. The molecule has 1 unspecified atom stereocenters. The van der Waals surface area contributed by atoms with Crippen LogP contribution in [0.4, 0.5) is 0 Å². The Morgan fingerprint density at radius 3 is 2.23 bits per heavy atom. The van der Waals surface area contributed by atoms with Gasteiger partial charge < -0.3 is 24.8 Å². The lowest BCUT2D eigenvalue weighted by Crippen LogP contribution is -2.40. The van der Waals surface area contributed by atoms with E-state index in [0.717, 1.165) is 24.8 Å². The lowest BCUT2D eigenvalue weighted by atomic mass is 10.1. The highest BCUT2D eigenvalue weighted by Crippen LogP contribution is 2.26. The monoisotopic (exact) mass is 554 g/mol. The molecule has 0 fully saturated rings. The molecule has 0 saturated heterocycles. The van der Waals surface area contributed by atoms with E-state index < -0.39 is 12.0 Å². The third-order valence-electron chi connectivity index (χ3n) is 6.95. The molecule has 0 bridgehead atoms. The number of hydrogen-bond acceptors (Lipinski definition) is 5. The van der Waals surface area contributed by atoms with Crippen LogP contribution in [-0.4, -0.2) is 54.6 Å². The van der Waals surface area contributed by atoms with Crippen molar-refractivity contribution in [3.63, 3.8) is 0 Å². The fourth-order valence-corrected chi connectivity index (χ4v) is 4.63. The quantitative estimate of drug-likeness (QED) is 0.188. The molecule has 0 aliphatic carbocycles. The Bertz CT molecular complexity index is 1040. The molecule has 2 amide bonds. The second kappa shape index (κ2) is 18.7. The zero-order chi connectivity index (χ0) is 29.2. The Balaban J connectivity index is 1.93. The van der Waals surface area contributed by atoms with E-state index in [1.54, 1.807) is 30.2 Å². The summed E-state index contributed by atoms with van der Waals surface area (Å²) in [6.07, 6.45) is 9.50. The van der Waals surface area contributed by atoms with Crippen molar-refractivity contribution in [2.45, 2.75) is 90.1 Å². The Kier molecular flexibility index (Phi) is 15.3. The summed E-state index contributed by atoms with van der Waals surface area (Å²) in [5.41, 5.74) is 1.39. The highest BCUT2D eigenvalue weighted by atomic mass is 16.5. The average molecular weight is 555 g/mol. The molecule has 2 rings (SSSR count). The van der Waals surface area contributed by atoms with Gasteiger partial charge in [0.05, 0.1) is 19.8 Å². The van der Waals surface area contributed by atoms with Crippen molar-refractivity contribution < 1.29 is 29.0 Å². The lowest BCUT2D eigenvalue weighted by Gasteiger charge is -2.24. The van der Waals surface area contributed by atoms with Crippen molar-refractivity contribution in [3.05, 3.63) is 59.7 Å². The molecule has 40 heavy (non-hydrogen) atoms. The smallest absolute Gasteiger partial charge is 0.326 e. The van der Waals surface area contributed by atoms with E-state index in [1.165, 1.54) is 32.8 Å². The van der Waals surface area contributed by atoms with Gasteiger partial charge in [-0.25, -0.2) is 4.79 Å². The second-order valence-corrected chi connectivity index (χ2v) is 10.1. The Morgan fingerprint density at radius 2 is 1.57 bits per heavy atom. The molecular weight excluding hydrogens is 508 g/mol. The predicted molar refractivity (Wildman–Crippen MR) is 157 cm³/mol. The molecule has 2 N–H and O–H groups in total. The minimum absolute atomic E-state index is 0.197. The molecule has 8 heteroatoms. The number of nitrogens with one attached hydrogen (secondary N) is 1. The molecule has 2 aromatic rings. The van der Waals surface area contributed by atoms with Gasteiger partial charge >= 0.3 is 5.97 Å². The molecule has 0 heterocycles. The molecule has 1 atom stereocenters. The summed E-state index contributed by atoms with van der Waals surface area (Å²) >= 11 is 0. The number of nitrogens with zero attached hydrogens (tertiary/aromatic N) is 1. The van der Waals surface area contributed by atoms with Crippen LogP contribution in [0.15, 0.2) is 48.5 Å². The Labute approximate surface area is 239 Å². The van der Waals surface area contributed by atoms with Crippen molar-refractivity contribution >= 4 is 17.8 Å². The number of carboxylic acids is 1. The number of benzene rings is 2. The van der Waals surface area contributed by atoms with Crippen LogP contribution in [0, 0.1) is 0 Å². The molecule has 220 valence electrons. The number of rotatable bonds is 20. The second-order valence-electron chi connectivity index (χ2n) is 10.1. The Hall–Kier alpha value is -3.55. The van der Waals surface area contributed by atoms with Crippen molar-refractivity contribution in [1.82, 2.24) is 10.2 Å². The van der Waals surface area contributed by atoms with Crippen LogP contribution >= 0.6 is 0 Å². The van der Waals surface area contributed by atoms with Gasteiger partial charge in [0.2, 0.25) is 5.91 Å². The van der Waals surface area contributed by atoms with Crippen LogP contribution in [0.5, 0.6) is 11.5 Å². The molecule has 0 aromatic heterocycles. The van der Waals surface area contributed by atoms with Crippen molar-refractivity contribution in [1.29, 1.82) is 0 Å². The first kappa shape index (κ1) is 32.7. The van der Waals surface area contributed by atoms with Gasteiger partial charge in [0.1, 0.15) is 17.5 Å². The zero-order valence-corrected chi connectivity index (χ0v) is 24.3. The van der Waals surface area contributed by atoms with Gasteiger partial charge in [-0.2, -0.15) is 0 Å². The van der Waals surface area contributed by atoms with Crippen LogP contribution in [0.2, 0.25) is 0 Å². The fraction of sp³-hybridized carbons (Fsp3) is 0.531. The van der Waals surface area contributed by atoms with Crippen LogP contribution in [0.1, 0.15) is 93.5 Å². The van der Waals surface area contributed by atoms with E-state index in [1.807, 2.05) is 30.3 Å². The summed E-state index contributed by atoms with van der Waals surface area (Å²) in [4.78, 5) is 39.5. The molecule has 2 aromatic carbocycles. The molecule has 0 radical (unpaired) electrons. The molecule has 0 aliphatic heterocycles. The van der Waals surface area contributed by atoms with Gasteiger partial charge in [0.25, 0.3) is 5.91 Å². The topological polar surface area (TPSA) is 105 Å². The minimum Gasteiger partial charge on any atom is -0.497 e. The van der Waals surface area contributed by atoms with Crippen LogP contribution in [0.3, 0.4) is 0 Å². The van der Waals surface area contributed by atoms with E-state index in [0.29, 0.717) is 55.8 Å². The van der Waals surface area contributed by atoms with Gasteiger partial charge in [0, 0.05) is 19.5 Å². The molecule has 0 aliphatic rings. The first-order valence-corrected chi connectivity index (χ1v) is 14.5. The van der Waals surface area contributed by atoms with Gasteiger partial charge in [-0.05, 0) is 49.4 Å². The fourth-order valence-electron chi connectivity index (χ4n) is 4.63. The summed E-state index contributed by atoms with van der Waals surface area (Å²) < 4.78 is 10.8. The molecular formula is C32H46N2O6. The highest BCUT2D eigenvalue weighted by Gasteiger charge is 2.22. The maximum absolute atomic E-state index is 13.6.